The van der Waals surface area contributed by atoms with Crippen molar-refractivity contribution in [2.75, 3.05) is 26.2 Å². The highest BCUT2D eigenvalue weighted by atomic mass is 16.4. The molecule has 0 aliphatic carbocycles. The lowest BCUT2D eigenvalue weighted by molar-refractivity contribution is -0.131. The molecular weight excluding hydrogens is 208 g/mol. The number of nitrogens with one attached hydrogen (secondary N) is 1. The summed E-state index contributed by atoms with van der Waals surface area (Å²) in [7, 11) is 0. The summed E-state index contributed by atoms with van der Waals surface area (Å²) in [5.74, 6) is -1.48. The second-order valence-electron chi connectivity index (χ2n) is 3.40. The Labute approximate surface area is 96.1 Å². The van der Waals surface area contributed by atoms with Crippen LogP contribution >= 0.6 is 0 Å². The van der Waals surface area contributed by atoms with Crippen molar-refractivity contribution in [2.45, 2.75) is 20.3 Å². The van der Waals surface area contributed by atoms with Crippen LogP contribution in [-0.4, -0.2) is 48.1 Å². The normalized spacial score (nSPS) is 10.9. The van der Waals surface area contributed by atoms with Crippen LogP contribution in [0, 0.1) is 0 Å². The fraction of sp³-hybridized carbons (Fsp3) is 0.636. The second kappa shape index (κ2) is 8.91. The molecule has 0 aliphatic heterocycles. The first-order valence-electron chi connectivity index (χ1n) is 5.51. The maximum atomic E-state index is 11.1. The number of carbonyl (C=O) groups excluding carboxylic acids is 1. The van der Waals surface area contributed by atoms with Gasteiger partial charge in [-0.05, 0) is 19.5 Å². The Morgan fingerprint density at radius 2 is 1.94 bits per heavy atom. The minimum Gasteiger partial charge on any atom is -0.478 e. The fourth-order valence-electron chi connectivity index (χ4n) is 1.29. The molecular formula is C11H20N2O3. The summed E-state index contributed by atoms with van der Waals surface area (Å²) in [6.07, 6.45) is 2.94. The van der Waals surface area contributed by atoms with Crippen LogP contribution in [0.3, 0.4) is 0 Å². The average molecular weight is 228 g/mol. The van der Waals surface area contributed by atoms with E-state index in [1.165, 1.54) is 0 Å². The van der Waals surface area contributed by atoms with Crippen molar-refractivity contribution in [1.82, 2.24) is 10.2 Å². The van der Waals surface area contributed by atoms with E-state index in [4.69, 9.17) is 5.11 Å². The van der Waals surface area contributed by atoms with Crippen LogP contribution in [0.5, 0.6) is 0 Å². The SMILES string of the molecule is CCCN(CC)CCNC(=O)/C=C/C(=O)O. The predicted molar refractivity (Wildman–Crippen MR) is 62.2 cm³/mol. The number of carboxylic acids is 1. The third kappa shape index (κ3) is 7.99. The highest BCUT2D eigenvalue weighted by Crippen LogP contribution is 1.89. The first-order valence-corrected chi connectivity index (χ1v) is 5.51. The molecule has 0 saturated heterocycles. The lowest BCUT2D eigenvalue weighted by Gasteiger charge is -2.19. The van der Waals surface area contributed by atoms with Gasteiger partial charge in [0.1, 0.15) is 0 Å². The topological polar surface area (TPSA) is 69.6 Å². The maximum absolute atomic E-state index is 11.1. The van der Waals surface area contributed by atoms with Gasteiger partial charge in [0, 0.05) is 25.2 Å². The van der Waals surface area contributed by atoms with Crippen molar-refractivity contribution in [3.05, 3.63) is 12.2 Å². The van der Waals surface area contributed by atoms with Crippen LogP contribution in [0.4, 0.5) is 0 Å². The van der Waals surface area contributed by atoms with E-state index in [0.717, 1.165) is 38.2 Å². The Balaban J connectivity index is 3.71. The van der Waals surface area contributed by atoms with Crippen LogP contribution in [0.1, 0.15) is 20.3 Å². The molecule has 5 nitrogen and oxygen atoms in total. The highest BCUT2D eigenvalue weighted by Gasteiger charge is 2.01. The Morgan fingerprint density at radius 3 is 2.44 bits per heavy atom. The van der Waals surface area contributed by atoms with Gasteiger partial charge in [-0.3, -0.25) is 4.79 Å². The second-order valence-corrected chi connectivity index (χ2v) is 3.40. The van der Waals surface area contributed by atoms with Crippen molar-refractivity contribution in [3.8, 4) is 0 Å². The average Bonchev–Trinajstić information content (AvgIpc) is 2.25. The fourth-order valence-corrected chi connectivity index (χ4v) is 1.29. The summed E-state index contributed by atoms with van der Waals surface area (Å²) in [5, 5.41) is 10.9. The van der Waals surface area contributed by atoms with E-state index in [1.54, 1.807) is 0 Å². The third-order valence-electron chi connectivity index (χ3n) is 2.09. The number of rotatable bonds is 8. The van der Waals surface area contributed by atoms with Gasteiger partial charge < -0.3 is 15.3 Å². The van der Waals surface area contributed by atoms with Crippen molar-refractivity contribution >= 4 is 11.9 Å². The molecule has 0 unspecified atom stereocenters. The summed E-state index contributed by atoms with van der Waals surface area (Å²) >= 11 is 0. The monoisotopic (exact) mass is 228 g/mol. The zero-order chi connectivity index (χ0) is 12.4. The molecule has 0 saturated carbocycles. The van der Waals surface area contributed by atoms with E-state index in [0.29, 0.717) is 6.54 Å². The zero-order valence-electron chi connectivity index (χ0n) is 9.90. The molecule has 0 radical (unpaired) electrons. The Kier molecular flexibility index (Phi) is 8.15. The third-order valence-corrected chi connectivity index (χ3v) is 2.09. The number of carboxylic acid groups (broad SMARTS) is 1. The van der Waals surface area contributed by atoms with Crippen LogP contribution < -0.4 is 5.32 Å². The molecule has 2 N–H and O–H groups in total. The zero-order valence-corrected chi connectivity index (χ0v) is 9.90. The van der Waals surface area contributed by atoms with Gasteiger partial charge in [-0.1, -0.05) is 13.8 Å². The van der Waals surface area contributed by atoms with E-state index in [9.17, 15) is 9.59 Å². The summed E-state index contributed by atoms with van der Waals surface area (Å²) < 4.78 is 0. The Bertz CT molecular complexity index is 252. The largest absolute Gasteiger partial charge is 0.478 e. The van der Waals surface area contributed by atoms with E-state index in [-0.39, 0.29) is 5.91 Å². The smallest absolute Gasteiger partial charge is 0.328 e. The Hall–Kier alpha value is -1.36. The van der Waals surface area contributed by atoms with Gasteiger partial charge in [-0.2, -0.15) is 0 Å². The first kappa shape index (κ1) is 14.6. The number of nitrogens with zero attached hydrogens (tertiary/aromatic N) is 1. The standard InChI is InChI=1S/C11H20N2O3/c1-3-8-13(4-2)9-7-12-10(14)5-6-11(15)16/h5-6H,3-4,7-9H2,1-2H3,(H,12,14)(H,15,16)/b6-5+. The Morgan fingerprint density at radius 1 is 1.25 bits per heavy atom. The molecule has 0 atom stereocenters. The lowest BCUT2D eigenvalue weighted by atomic mass is 10.4. The predicted octanol–water partition coefficient (Wildman–Crippen LogP) is 0.475. The summed E-state index contributed by atoms with van der Waals surface area (Å²) in [6.45, 7) is 7.47. The van der Waals surface area contributed by atoms with E-state index >= 15 is 0 Å². The first-order chi connectivity index (χ1) is 7.60. The highest BCUT2D eigenvalue weighted by molar-refractivity contribution is 5.93. The minimum absolute atomic E-state index is 0.366. The summed E-state index contributed by atoms with van der Waals surface area (Å²) in [4.78, 5) is 23.5. The van der Waals surface area contributed by atoms with Crippen molar-refractivity contribution in [2.24, 2.45) is 0 Å². The van der Waals surface area contributed by atoms with E-state index < -0.39 is 5.97 Å². The summed E-state index contributed by atoms with van der Waals surface area (Å²) in [5.41, 5.74) is 0. The maximum Gasteiger partial charge on any atom is 0.328 e. The van der Waals surface area contributed by atoms with Crippen LogP contribution in [0.15, 0.2) is 12.2 Å². The molecule has 0 spiro atoms. The number of likely N-dealkylation sites (N-methyl/N-ethyl adjacent to an activating group) is 1. The van der Waals surface area contributed by atoms with Gasteiger partial charge in [0.15, 0.2) is 0 Å². The van der Waals surface area contributed by atoms with E-state index in [1.807, 2.05) is 0 Å². The number of hydrogen-bond acceptors (Lipinski definition) is 3. The molecule has 5 heteroatoms. The van der Waals surface area contributed by atoms with Crippen LogP contribution in [0.2, 0.25) is 0 Å². The molecule has 0 aromatic heterocycles. The van der Waals surface area contributed by atoms with Gasteiger partial charge in [-0.25, -0.2) is 4.79 Å². The molecule has 0 aliphatic rings. The molecule has 92 valence electrons. The number of amides is 1. The number of aliphatic carboxylic acids is 1. The van der Waals surface area contributed by atoms with Crippen molar-refractivity contribution in [1.29, 1.82) is 0 Å². The molecule has 1 amide bonds. The molecule has 0 fully saturated rings. The minimum atomic E-state index is -1.11. The molecule has 0 bridgehead atoms. The van der Waals surface area contributed by atoms with Gasteiger partial charge >= 0.3 is 5.97 Å². The molecule has 0 heterocycles. The molecule has 16 heavy (non-hydrogen) atoms. The quantitative estimate of drug-likeness (QED) is 0.593. The molecule has 0 rings (SSSR count). The van der Waals surface area contributed by atoms with Crippen molar-refractivity contribution in [3.63, 3.8) is 0 Å². The number of hydrogen-bond donors (Lipinski definition) is 2. The van der Waals surface area contributed by atoms with Gasteiger partial charge in [0.05, 0.1) is 0 Å². The van der Waals surface area contributed by atoms with Gasteiger partial charge in [0.2, 0.25) is 5.91 Å². The van der Waals surface area contributed by atoms with Crippen molar-refractivity contribution < 1.29 is 14.7 Å². The lowest BCUT2D eigenvalue weighted by Crippen LogP contribution is -2.34. The van der Waals surface area contributed by atoms with Crippen LogP contribution in [0.25, 0.3) is 0 Å². The van der Waals surface area contributed by atoms with Crippen LogP contribution in [-0.2, 0) is 9.59 Å². The number of carbonyl (C=O) groups is 2. The van der Waals surface area contributed by atoms with E-state index in [2.05, 4.69) is 24.1 Å². The molecule has 0 aromatic carbocycles. The molecule has 0 aromatic rings. The van der Waals surface area contributed by atoms with Gasteiger partial charge in [-0.15, -0.1) is 0 Å². The van der Waals surface area contributed by atoms with Gasteiger partial charge in [0.25, 0.3) is 0 Å². The summed E-state index contributed by atoms with van der Waals surface area (Å²) in [6, 6.07) is 0.